The summed E-state index contributed by atoms with van der Waals surface area (Å²) in [5.74, 6) is -1.47. The molecular weight excluding hydrogens is 240 g/mol. The minimum Gasteiger partial charge on any atom is -0.460 e. The molecule has 0 unspecified atom stereocenters. The highest BCUT2D eigenvalue weighted by Crippen LogP contribution is 2.19. The van der Waals surface area contributed by atoms with Crippen LogP contribution in [0.2, 0.25) is 0 Å². The van der Waals surface area contributed by atoms with Crippen molar-refractivity contribution in [2.45, 2.75) is 13.3 Å². The summed E-state index contributed by atoms with van der Waals surface area (Å²) in [6.45, 7) is 1.83. The van der Waals surface area contributed by atoms with Crippen molar-refractivity contribution in [3.8, 4) is 0 Å². The third kappa shape index (κ3) is 3.96. The Bertz CT molecular complexity index is 445. The minimum atomic E-state index is -0.835. The summed E-state index contributed by atoms with van der Waals surface area (Å²) in [4.78, 5) is 34.0. The van der Waals surface area contributed by atoms with Crippen molar-refractivity contribution >= 4 is 35.5 Å². The average Bonchev–Trinajstić information content (AvgIpc) is 2.77. The summed E-state index contributed by atoms with van der Waals surface area (Å²) in [6, 6.07) is 3.29. The van der Waals surface area contributed by atoms with Crippen molar-refractivity contribution in [1.29, 1.82) is 0 Å². The molecule has 0 saturated heterocycles. The van der Waals surface area contributed by atoms with Crippen LogP contribution in [-0.4, -0.2) is 24.6 Å². The number of rotatable bonds is 6. The van der Waals surface area contributed by atoms with Crippen LogP contribution >= 0.6 is 11.3 Å². The zero-order valence-electron chi connectivity index (χ0n) is 9.34. The summed E-state index contributed by atoms with van der Waals surface area (Å²) >= 11 is 1.19. The number of hydrogen-bond donors (Lipinski definition) is 0. The first-order valence-corrected chi connectivity index (χ1v) is 5.92. The van der Waals surface area contributed by atoms with Gasteiger partial charge >= 0.3 is 5.97 Å². The fourth-order valence-electron chi connectivity index (χ4n) is 1.10. The van der Waals surface area contributed by atoms with E-state index in [9.17, 15) is 14.4 Å². The molecule has 0 aromatic carbocycles. The second-order valence-electron chi connectivity index (χ2n) is 3.06. The molecule has 0 radical (unpaired) electrons. The van der Waals surface area contributed by atoms with Crippen LogP contribution in [0.4, 0.5) is 0 Å². The molecule has 1 aromatic rings. The Morgan fingerprint density at radius 3 is 2.82 bits per heavy atom. The first-order chi connectivity index (χ1) is 8.19. The maximum atomic E-state index is 11.5. The lowest BCUT2D eigenvalue weighted by Gasteiger charge is -1.97. The highest BCUT2D eigenvalue weighted by atomic mass is 32.1. The Hall–Kier alpha value is -1.75. The van der Waals surface area contributed by atoms with Gasteiger partial charge in [-0.3, -0.25) is 4.79 Å². The van der Waals surface area contributed by atoms with E-state index in [1.165, 1.54) is 11.3 Å². The van der Waals surface area contributed by atoms with Gasteiger partial charge in [0.15, 0.2) is 0 Å². The van der Waals surface area contributed by atoms with Gasteiger partial charge in [0.05, 0.1) is 11.5 Å². The fourth-order valence-corrected chi connectivity index (χ4v) is 1.97. The van der Waals surface area contributed by atoms with Gasteiger partial charge in [-0.05, 0) is 25.1 Å². The maximum Gasteiger partial charge on any atom is 0.380 e. The van der Waals surface area contributed by atoms with Gasteiger partial charge in [-0.2, -0.15) is 0 Å². The molecule has 0 aliphatic rings. The third-order valence-electron chi connectivity index (χ3n) is 1.83. The second kappa shape index (κ2) is 6.75. The van der Waals surface area contributed by atoms with Crippen LogP contribution < -0.4 is 0 Å². The molecule has 17 heavy (non-hydrogen) atoms. The van der Waals surface area contributed by atoms with Gasteiger partial charge in [0.2, 0.25) is 0 Å². The van der Waals surface area contributed by atoms with E-state index in [1.807, 2.05) is 0 Å². The highest BCUT2D eigenvalue weighted by molar-refractivity contribution is 7.15. The third-order valence-corrected chi connectivity index (χ3v) is 2.88. The SMILES string of the molecule is CCOC(=O)C(=O)c1ccc(C=CCC=O)s1. The largest absolute Gasteiger partial charge is 0.460 e. The van der Waals surface area contributed by atoms with Gasteiger partial charge in [-0.15, -0.1) is 11.3 Å². The monoisotopic (exact) mass is 252 g/mol. The van der Waals surface area contributed by atoms with E-state index >= 15 is 0 Å². The maximum absolute atomic E-state index is 11.5. The van der Waals surface area contributed by atoms with Crippen LogP contribution in [0.5, 0.6) is 0 Å². The van der Waals surface area contributed by atoms with E-state index in [4.69, 9.17) is 0 Å². The quantitative estimate of drug-likeness (QED) is 0.336. The van der Waals surface area contributed by atoms with E-state index in [-0.39, 0.29) is 6.61 Å². The smallest absolute Gasteiger partial charge is 0.380 e. The number of aldehydes is 1. The zero-order chi connectivity index (χ0) is 12.7. The van der Waals surface area contributed by atoms with Crippen LogP contribution in [-0.2, 0) is 14.3 Å². The number of carbonyl (C=O) groups is 3. The van der Waals surface area contributed by atoms with Crippen LogP contribution in [0.15, 0.2) is 18.2 Å². The van der Waals surface area contributed by atoms with Gasteiger partial charge in [-0.25, -0.2) is 4.79 Å². The minimum absolute atomic E-state index is 0.183. The molecule has 0 amide bonds. The lowest BCUT2D eigenvalue weighted by Crippen LogP contribution is -2.16. The van der Waals surface area contributed by atoms with E-state index in [0.717, 1.165) is 11.2 Å². The van der Waals surface area contributed by atoms with Crippen LogP contribution in [0.25, 0.3) is 6.08 Å². The van der Waals surface area contributed by atoms with Crippen molar-refractivity contribution < 1.29 is 19.1 Å². The number of esters is 1. The average molecular weight is 252 g/mol. The molecule has 0 atom stereocenters. The number of ether oxygens (including phenoxy) is 1. The Balaban J connectivity index is 2.70. The van der Waals surface area contributed by atoms with Gasteiger partial charge in [0, 0.05) is 11.3 Å². The van der Waals surface area contributed by atoms with E-state index < -0.39 is 11.8 Å². The first-order valence-electron chi connectivity index (χ1n) is 5.10. The summed E-state index contributed by atoms with van der Waals surface area (Å²) < 4.78 is 4.62. The molecule has 1 aromatic heterocycles. The molecule has 1 heterocycles. The molecule has 4 nitrogen and oxygen atoms in total. The van der Waals surface area contributed by atoms with Crippen molar-refractivity contribution in [2.24, 2.45) is 0 Å². The molecule has 5 heteroatoms. The lowest BCUT2D eigenvalue weighted by molar-refractivity contribution is -0.137. The fraction of sp³-hybridized carbons (Fsp3) is 0.250. The zero-order valence-corrected chi connectivity index (χ0v) is 10.2. The predicted molar refractivity (Wildman–Crippen MR) is 65.0 cm³/mol. The first kappa shape index (κ1) is 13.3. The molecule has 0 aliphatic heterocycles. The molecule has 0 fully saturated rings. The van der Waals surface area contributed by atoms with E-state index in [0.29, 0.717) is 11.3 Å². The molecule has 0 aliphatic carbocycles. The van der Waals surface area contributed by atoms with E-state index in [1.54, 1.807) is 31.2 Å². The number of hydrogen-bond acceptors (Lipinski definition) is 5. The van der Waals surface area contributed by atoms with Crippen molar-refractivity contribution in [3.05, 3.63) is 28.0 Å². The summed E-state index contributed by atoms with van der Waals surface area (Å²) in [5.41, 5.74) is 0. The number of ketones is 1. The van der Waals surface area contributed by atoms with E-state index in [2.05, 4.69) is 4.74 Å². The Morgan fingerprint density at radius 2 is 2.18 bits per heavy atom. The van der Waals surface area contributed by atoms with Gasteiger partial charge in [-0.1, -0.05) is 6.08 Å². The van der Waals surface area contributed by atoms with Gasteiger partial charge in [0.1, 0.15) is 6.29 Å². The Labute approximate surface area is 103 Å². The lowest BCUT2D eigenvalue weighted by atomic mass is 10.3. The van der Waals surface area contributed by atoms with Gasteiger partial charge in [0.25, 0.3) is 5.78 Å². The summed E-state index contributed by atoms with van der Waals surface area (Å²) in [5, 5.41) is 0. The van der Waals surface area contributed by atoms with Crippen molar-refractivity contribution in [3.63, 3.8) is 0 Å². The predicted octanol–water partition coefficient (Wildman–Crippen LogP) is 2.10. The van der Waals surface area contributed by atoms with Crippen LogP contribution in [0.3, 0.4) is 0 Å². The normalized spacial score (nSPS) is 10.4. The molecule has 0 N–H and O–H groups in total. The molecule has 0 bridgehead atoms. The number of carbonyl (C=O) groups excluding carboxylic acids is 3. The number of allylic oxidation sites excluding steroid dienone is 1. The molecule has 0 spiro atoms. The van der Waals surface area contributed by atoms with Crippen LogP contribution in [0.1, 0.15) is 27.9 Å². The van der Waals surface area contributed by atoms with Crippen LogP contribution in [0, 0.1) is 0 Å². The second-order valence-corrected chi connectivity index (χ2v) is 4.17. The Morgan fingerprint density at radius 1 is 1.41 bits per heavy atom. The molecular formula is C12H12O4S. The number of thiophene rings is 1. The summed E-state index contributed by atoms with van der Waals surface area (Å²) in [6.07, 6.45) is 4.55. The summed E-state index contributed by atoms with van der Waals surface area (Å²) in [7, 11) is 0. The standard InChI is InChI=1S/C12H12O4S/c1-2-16-12(15)11(14)10-7-6-9(17-10)5-3-4-8-13/h3,5-8H,2,4H2,1H3. The highest BCUT2D eigenvalue weighted by Gasteiger charge is 2.18. The molecule has 0 saturated carbocycles. The Kier molecular flexibility index (Phi) is 5.29. The van der Waals surface area contributed by atoms with Crippen molar-refractivity contribution in [2.75, 3.05) is 6.61 Å². The van der Waals surface area contributed by atoms with Gasteiger partial charge < -0.3 is 9.53 Å². The molecule has 1 rings (SSSR count). The topological polar surface area (TPSA) is 60.4 Å². The number of Topliss-reactive ketones (excluding diaryl/α,β-unsaturated/α-hetero) is 1. The molecule has 90 valence electrons. The van der Waals surface area contributed by atoms with Crippen molar-refractivity contribution in [1.82, 2.24) is 0 Å².